The van der Waals surface area contributed by atoms with Crippen molar-refractivity contribution in [1.29, 1.82) is 0 Å². The number of halogens is 1. The van der Waals surface area contributed by atoms with Gasteiger partial charge in [-0.3, -0.25) is 0 Å². The number of hydrogen-bond acceptors (Lipinski definition) is 0. The van der Waals surface area contributed by atoms with Gasteiger partial charge >= 0.3 is 0 Å². The highest BCUT2D eigenvalue weighted by Crippen LogP contribution is 2.30. The minimum atomic E-state index is 0.829. The summed E-state index contributed by atoms with van der Waals surface area (Å²) in [5.74, 6) is 0.829. The Kier molecular flexibility index (Phi) is 1.96. The average molecular weight is 222 g/mol. The summed E-state index contributed by atoms with van der Waals surface area (Å²) >= 11 is 2.52. The number of rotatable bonds is 0. The molecule has 0 saturated carbocycles. The fraction of sp³-hybridized carbons (Fsp3) is 0.714. The molecule has 1 aliphatic carbocycles. The molecule has 0 heterocycles. The van der Waals surface area contributed by atoms with Crippen LogP contribution in [-0.2, 0) is 0 Å². The second-order valence-electron chi connectivity index (χ2n) is 2.49. The van der Waals surface area contributed by atoms with Gasteiger partial charge in [0.25, 0.3) is 0 Å². The maximum absolute atomic E-state index is 2.52. The summed E-state index contributed by atoms with van der Waals surface area (Å²) < 4.78 is 0.868. The summed E-state index contributed by atoms with van der Waals surface area (Å²) in [6.07, 6.45) is 3.63. The molecule has 0 nitrogen and oxygen atoms in total. The summed E-state index contributed by atoms with van der Waals surface area (Å²) in [4.78, 5) is 0. The summed E-state index contributed by atoms with van der Waals surface area (Å²) in [6.45, 7) is 4.53. The molecule has 0 radical (unpaired) electrons. The van der Waals surface area contributed by atoms with Crippen LogP contribution in [0, 0.1) is 5.92 Å². The fourth-order valence-corrected chi connectivity index (χ4v) is 1.80. The molecule has 0 aromatic carbocycles. The molecule has 0 amide bonds. The van der Waals surface area contributed by atoms with E-state index in [1.807, 2.05) is 0 Å². The van der Waals surface area contributed by atoms with Gasteiger partial charge in [0.05, 0.1) is 0 Å². The standard InChI is InChI=1S/C7H11I/c1-5-3-4-7(8)6(5)2/h3,6-7H,4H2,1-2H3/t6-,7-/m0/s1. The number of hydrogen-bond donors (Lipinski definition) is 0. The van der Waals surface area contributed by atoms with Gasteiger partial charge < -0.3 is 0 Å². The smallest absolute Gasteiger partial charge is 0.0207 e. The molecule has 0 aromatic rings. The summed E-state index contributed by atoms with van der Waals surface area (Å²) in [6, 6.07) is 0. The third-order valence-corrected chi connectivity index (χ3v) is 3.51. The van der Waals surface area contributed by atoms with E-state index in [-0.39, 0.29) is 0 Å². The van der Waals surface area contributed by atoms with Crippen LogP contribution in [0.2, 0.25) is 0 Å². The number of allylic oxidation sites excluding steroid dienone is 2. The van der Waals surface area contributed by atoms with Crippen LogP contribution in [0.15, 0.2) is 11.6 Å². The Morgan fingerprint density at radius 1 is 1.75 bits per heavy atom. The fourth-order valence-electron chi connectivity index (χ4n) is 0.974. The summed E-state index contributed by atoms with van der Waals surface area (Å²) in [5.41, 5.74) is 1.57. The first-order valence-electron chi connectivity index (χ1n) is 3.02. The van der Waals surface area contributed by atoms with E-state index in [2.05, 4.69) is 42.5 Å². The van der Waals surface area contributed by atoms with E-state index in [0.29, 0.717) is 0 Å². The normalized spacial score (nSPS) is 37.6. The van der Waals surface area contributed by atoms with Crippen LogP contribution in [0.4, 0.5) is 0 Å². The van der Waals surface area contributed by atoms with E-state index in [1.54, 1.807) is 5.57 Å². The van der Waals surface area contributed by atoms with E-state index in [4.69, 9.17) is 0 Å². The van der Waals surface area contributed by atoms with Gasteiger partial charge in [0, 0.05) is 3.92 Å². The van der Waals surface area contributed by atoms with E-state index in [0.717, 1.165) is 9.84 Å². The molecule has 0 aromatic heterocycles. The maximum atomic E-state index is 2.52. The van der Waals surface area contributed by atoms with Gasteiger partial charge in [0.2, 0.25) is 0 Å². The minimum absolute atomic E-state index is 0.829. The van der Waals surface area contributed by atoms with Crippen LogP contribution in [0.3, 0.4) is 0 Å². The first kappa shape index (κ1) is 6.59. The van der Waals surface area contributed by atoms with E-state index in [9.17, 15) is 0 Å². The SMILES string of the molecule is CC1=CC[C@H](I)[C@H]1C. The lowest BCUT2D eigenvalue weighted by Gasteiger charge is -2.07. The lowest BCUT2D eigenvalue weighted by molar-refractivity contribution is 0.709. The van der Waals surface area contributed by atoms with Crippen molar-refractivity contribution in [3.8, 4) is 0 Å². The molecular formula is C7H11I. The molecule has 8 heavy (non-hydrogen) atoms. The maximum Gasteiger partial charge on any atom is 0.0207 e. The first-order chi connectivity index (χ1) is 3.72. The highest BCUT2D eigenvalue weighted by molar-refractivity contribution is 14.1. The van der Waals surface area contributed by atoms with Crippen LogP contribution < -0.4 is 0 Å². The highest BCUT2D eigenvalue weighted by Gasteiger charge is 2.19. The second-order valence-corrected chi connectivity index (χ2v) is 4.09. The Labute approximate surface area is 64.5 Å². The molecule has 0 aliphatic heterocycles. The second kappa shape index (κ2) is 2.38. The minimum Gasteiger partial charge on any atom is -0.0842 e. The van der Waals surface area contributed by atoms with Gasteiger partial charge in [-0.2, -0.15) is 0 Å². The largest absolute Gasteiger partial charge is 0.0842 e. The van der Waals surface area contributed by atoms with Crippen molar-refractivity contribution in [2.24, 2.45) is 5.92 Å². The quantitative estimate of drug-likeness (QED) is 0.336. The average Bonchev–Trinajstić information content (AvgIpc) is 1.98. The monoisotopic (exact) mass is 222 g/mol. The Morgan fingerprint density at radius 3 is 2.50 bits per heavy atom. The topological polar surface area (TPSA) is 0 Å². The van der Waals surface area contributed by atoms with Gasteiger partial charge in [-0.25, -0.2) is 0 Å². The molecule has 1 rings (SSSR count). The predicted octanol–water partition coefficient (Wildman–Crippen LogP) is 2.78. The zero-order chi connectivity index (χ0) is 6.15. The van der Waals surface area contributed by atoms with E-state index in [1.165, 1.54) is 6.42 Å². The van der Waals surface area contributed by atoms with Gasteiger partial charge in [-0.1, -0.05) is 41.2 Å². The molecule has 1 aliphatic rings. The Hall–Kier alpha value is 0.470. The van der Waals surface area contributed by atoms with Crippen LogP contribution in [0.5, 0.6) is 0 Å². The van der Waals surface area contributed by atoms with Crippen LogP contribution in [0.25, 0.3) is 0 Å². The summed E-state index contributed by atoms with van der Waals surface area (Å²) in [7, 11) is 0. The molecule has 0 N–H and O–H groups in total. The molecular weight excluding hydrogens is 211 g/mol. The summed E-state index contributed by atoms with van der Waals surface area (Å²) in [5, 5.41) is 0. The van der Waals surface area contributed by atoms with Crippen molar-refractivity contribution in [2.45, 2.75) is 24.2 Å². The Balaban J connectivity index is 2.59. The van der Waals surface area contributed by atoms with Gasteiger partial charge in [-0.05, 0) is 19.3 Å². The van der Waals surface area contributed by atoms with E-state index >= 15 is 0 Å². The van der Waals surface area contributed by atoms with E-state index < -0.39 is 0 Å². The lowest BCUT2D eigenvalue weighted by Crippen LogP contribution is -2.03. The number of alkyl halides is 1. The van der Waals surface area contributed by atoms with Crippen LogP contribution in [0.1, 0.15) is 20.3 Å². The molecule has 1 heteroatoms. The first-order valence-corrected chi connectivity index (χ1v) is 4.27. The van der Waals surface area contributed by atoms with Gasteiger partial charge in [0.1, 0.15) is 0 Å². The van der Waals surface area contributed by atoms with Crippen molar-refractivity contribution < 1.29 is 0 Å². The van der Waals surface area contributed by atoms with Gasteiger partial charge in [0.15, 0.2) is 0 Å². The predicted molar refractivity (Wildman–Crippen MR) is 45.3 cm³/mol. The molecule has 0 spiro atoms. The van der Waals surface area contributed by atoms with Crippen LogP contribution >= 0.6 is 22.6 Å². The van der Waals surface area contributed by atoms with Crippen molar-refractivity contribution in [2.75, 3.05) is 0 Å². The van der Waals surface area contributed by atoms with Crippen molar-refractivity contribution in [3.63, 3.8) is 0 Å². The van der Waals surface area contributed by atoms with Crippen LogP contribution in [-0.4, -0.2) is 3.92 Å². The Bertz CT molecular complexity index is 116. The molecule has 0 bridgehead atoms. The highest BCUT2D eigenvalue weighted by atomic mass is 127. The van der Waals surface area contributed by atoms with Crippen molar-refractivity contribution >= 4 is 22.6 Å². The molecule has 46 valence electrons. The third kappa shape index (κ3) is 1.07. The van der Waals surface area contributed by atoms with Crippen molar-refractivity contribution in [1.82, 2.24) is 0 Å². The van der Waals surface area contributed by atoms with Crippen molar-refractivity contribution in [3.05, 3.63) is 11.6 Å². The molecule has 0 unspecified atom stereocenters. The molecule has 0 fully saturated rings. The zero-order valence-electron chi connectivity index (χ0n) is 5.32. The zero-order valence-corrected chi connectivity index (χ0v) is 7.47. The third-order valence-electron chi connectivity index (χ3n) is 1.93. The molecule has 0 saturated heterocycles. The van der Waals surface area contributed by atoms with Gasteiger partial charge in [-0.15, -0.1) is 0 Å². The Morgan fingerprint density at radius 2 is 2.38 bits per heavy atom. The molecule has 2 atom stereocenters. The lowest BCUT2D eigenvalue weighted by atomic mass is 10.1.